The molecule has 198 valence electrons. The van der Waals surface area contributed by atoms with Gasteiger partial charge in [-0.05, 0) is 5.53 Å². The van der Waals surface area contributed by atoms with Crippen molar-refractivity contribution in [3.8, 4) is 0 Å². The molecule has 15 nitrogen and oxygen atoms in total. The molecule has 35 heavy (non-hydrogen) atoms. The van der Waals surface area contributed by atoms with Crippen molar-refractivity contribution in [1.29, 1.82) is 0 Å². The van der Waals surface area contributed by atoms with Crippen LogP contribution in [0.25, 0.3) is 10.4 Å². The lowest BCUT2D eigenvalue weighted by Crippen LogP contribution is -2.66. The molecule has 0 saturated carbocycles. The number of hydrogen-bond donors (Lipinski definition) is 1. The summed E-state index contributed by atoms with van der Waals surface area (Å²) in [5, 5.41) is 5.94. The Kier molecular flexibility index (Phi) is 14.3. The predicted octanol–water partition coefficient (Wildman–Crippen LogP) is 0.00260. The highest BCUT2D eigenvalue weighted by Gasteiger charge is 2.51. The molecule has 0 unspecified atom stereocenters. The second-order valence-electron chi connectivity index (χ2n) is 7.27. The fraction of sp³-hybridized carbons (Fsp3) is 0.800. The zero-order valence-corrected chi connectivity index (χ0v) is 20.2. The summed E-state index contributed by atoms with van der Waals surface area (Å²) in [6.45, 7) is 5.60. The molecule has 1 aliphatic heterocycles. The van der Waals surface area contributed by atoms with Crippen molar-refractivity contribution >= 4 is 23.8 Å². The molecule has 1 fully saturated rings. The van der Waals surface area contributed by atoms with Crippen molar-refractivity contribution in [3.05, 3.63) is 10.4 Å². The van der Waals surface area contributed by atoms with Gasteiger partial charge in [-0.2, -0.15) is 0 Å². The molecule has 1 heterocycles. The number of rotatable bonds is 15. The van der Waals surface area contributed by atoms with Crippen molar-refractivity contribution in [2.75, 3.05) is 46.2 Å². The van der Waals surface area contributed by atoms with Crippen LogP contribution in [0.1, 0.15) is 27.7 Å². The molecule has 1 rings (SSSR count). The molecule has 15 heteroatoms. The Labute approximate surface area is 202 Å². The Morgan fingerprint density at radius 2 is 1.49 bits per heavy atom. The standard InChI is InChI=1S/C20H32N4O11/c1-12(25)23-17-19(34-15(4)28)18(33-14(3)27)16(11-32-13(2)26)35-20(17)31-10-9-30-8-7-29-6-5-22-24-21/h16-20H,5-11H2,1-4H3,(H,23,25)/t16-,17-,18-,19-,20-/m1/s1. The maximum absolute atomic E-state index is 11.9. The van der Waals surface area contributed by atoms with E-state index in [0.29, 0.717) is 0 Å². The van der Waals surface area contributed by atoms with Crippen molar-refractivity contribution in [3.63, 3.8) is 0 Å². The van der Waals surface area contributed by atoms with Gasteiger partial charge in [0.05, 0.1) is 33.0 Å². The van der Waals surface area contributed by atoms with Gasteiger partial charge < -0.3 is 38.5 Å². The summed E-state index contributed by atoms with van der Waals surface area (Å²) in [4.78, 5) is 49.3. The van der Waals surface area contributed by atoms with E-state index in [4.69, 9.17) is 38.7 Å². The van der Waals surface area contributed by atoms with Gasteiger partial charge in [0.1, 0.15) is 18.8 Å². The summed E-state index contributed by atoms with van der Waals surface area (Å²) in [6.07, 6.45) is -4.58. The molecule has 1 N–H and O–H groups in total. The first-order valence-electron chi connectivity index (χ1n) is 10.8. The van der Waals surface area contributed by atoms with E-state index in [2.05, 4.69) is 15.3 Å². The van der Waals surface area contributed by atoms with Crippen molar-refractivity contribution in [2.45, 2.75) is 58.3 Å². The molecule has 1 aliphatic rings. The smallest absolute Gasteiger partial charge is 0.303 e. The van der Waals surface area contributed by atoms with E-state index in [1.807, 2.05) is 0 Å². The predicted molar refractivity (Wildman–Crippen MR) is 116 cm³/mol. The number of nitrogens with one attached hydrogen (secondary N) is 1. The second-order valence-corrected chi connectivity index (χ2v) is 7.27. The van der Waals surface area contributed by atoms with Crippen LogP contribution >= 0.6 is 0 Å². The minimum absolute atomic E-state index is 0.0186. The number of carbonyl (C=O) groups is 4. The molecule has 1 saturated heterocycles. The first-order chi connectivity index (χ1) is 16.6. The lowest BCUT2D eigenvalue weighted by Gasteiger charge is -2.44. The number of carbonyl (C=O) groups excluding carboxylic acids is 4. The average molecular weight is 504 g/mol. The molecule has 0 aliphatic carbocycles. The van der Waals surface area contributed by atoms with Crippen molar-refractivity contribution in [1.82, 2.24) is 5.32 Å². The Hall–Kier alpha value is -2.97. The van der Waals surface area contributed by atoms with E-state index < -0.39 is 54.5 Å². The molecule has 0 bridgehead atoms. The largest absolute Gasteiger partial charge is 0.463 e. The fourth-order valence-corrected chi connectivity index (χ4v) is 3.13. The number of nitrogens with zero attached hydrogens (tertiary/aromatic N) is 3. The van der Waals surface area contributed by atoms with Gasteiger partial charge in [0.15, 0.2) is 18.5 Å². The van der Waals surface area contributed by atoms with E-state index in [9.17, 15) is 19.2 Å². The summed E-state index contributed by atoms with van der Waals surface area (Å²) in [6, 6.07) is -1.04. The average Bonchev–Trinajstić information content (AvgIpc) is 2.76. The number of ether oxygens (including phenoxy) is 7. The normalized spacial score (nSPS) is 23.5. The summed E-state index contributed by atoms with van der Waals surface area (Å²) in [5.74, 6) is -2.47. The first kappa shape index (κ1) is 30.1. The van der Waals surface area contributed by atoms with E-state index in [0.717, 1.165) is 13.8 Å². The van der Waals surface area contributed by atoms with Gasteiger partial charge in [0.25, 0.3) is 0 Å². The zero-order valence-electron chi connectivity index (χ0n) is 20.2. The molecule has 0 aromatic carbocycles. The van der Waals surface area contributed by atoms with E-state index >= 15 is 0 Å². The summed E-state index contributed by atoms with van der Waals surface area (Å²) < 4.78 is 37.9. The Morgan fingerprint density at radius 1 is 0.886 bits per heavy atom. The van der Waals surface area contributed by atoms with Crippen LogP contribution in [0.5, 0.6) is 0 Å². The van der Waals surface area contributed by atoms with E-state index in [1.54, 1.807) is 0 Å². The topological polar surface area (TPSA) is 194 Å². The fourth-order valence-electron chi connectivity index (χ4n) is 3.13. The summed E-state index contributed by atoms with van der Waals surface area (Å²) in [7, 11) is 0. The Balaban J connectivity index is 2.85. The van der Waals surface area contributed by atoms with Crippen LogP contribution in [0, 0.1) is 0 Å². The van der Waals surface area contributed by atoms with Crippen LogP contribution in [0.2, 0.25) is 0 Å². The molecular weight excluding hydrogens is 472 g/mol. The maximum atomic E-state index is 11.9. The molecule has 0 aromatic rings. The SMILES string of the molecule is CC(=O)N[C@H]1[C@H](OCCOCCOCCN=[N+]=[N-])O[C@H](COC(C)=O)[C@@H](OC(C)=O)[C@@H]1OC(C)=O. The van der Waals surface area contributed by atoms with Gasteiger partial charge in [-0.15, -0.1) is 0 Å². The van der Waals surface area contributed by atoms with E-state index in [1.165, 1.54) is 13.8 Å². The van der Waals surface area contributed by atoms with Gasteiger partial charge in [-0.25, -0.2) is 0 Å². The zero-order chi connectivity index (χ0) is 26.2. The first-order valence-corrected chi connectivity index (χ1v) is 10.8. The Morgan fingerprint density at radius 3 is 2.06 bits per heavy atom. The molecule has 5 atom stereocenters. The lowest BCUT2D eigenvalue weighted by atomic mass is 9.96. The molecule has 0 aromatic heterocycles. The molecule has 0 radical (unpaired) electrons. The van der Waals surface area contributed by atoms with Crippen LogP contribution < -0.4 is 5.32 Å². The molecule has 1 amide bonds. The molecular formula is C20H32N4O11. The third-order valence-electron chi connectivity index (χ3n) is 4.35. The van der Waals surface area contributed by atoms with Gasteiger partial charge >= 0.3 is 17.9 Å². The van der Waals surface area contributed by atoms with Crippen molar-refractivity contribution < 1.29 is 52.3 Å². The lowest BCUT2D eigenvalue weighted by molar-refractivity contribution is -0.279. The number of amides is 1. The van der Waals surface area contributed by atoms with Crippen LogP contribution in [0.15, 0.2) is 5.11 Å². The summed E-state index contributed by atoms with van der Waals surface area (Å²) >= 11 is 0. The third-order valence-corrected chi connectivity index (χ3v) is 4.35. The Bertz CT molecular complexity index is 759. The second kappa shape index (κ2) is 16.6. The number of esters is 3. The van der Waals surface area contributed by atoms with Gasteiger partial charge in [0, 0.05) is 39.2 Å². The highest BCUT2D eigenvalue weighted by Crippen LogP contribution is 2.28. The minimum Gasteiger partial charge on any atom is -0.463 e. The third kappa shape index (κ3) is 12.3. The minimum atomic E-state index is -1.19. The van der Waals surface area contributed by atoms with Crippen molar-refractivity contribution in [2.24, 2.45) is 5.11 Å². The highest BCUT2D eigenvalue weighted by molar-refractivity contribution is 5.73. The van der Waals surface area contributed by atoms with Crippen LogP contribution in [0.3, 0.4) is 0 Å². The van der Waals surface area contributed by atoms with Crippen LogP contribution in [0.4, 0.5) is 0 Å². The van der Waals surface area contributed by atoms with Gasteiger partial charge in [-0.1, -0.05) is 5.11 Å². The van der Waals surface area contributed by atoms with Crippen LogP contribution in [-0.4, -0.2) is 101 Å². The van der Waals surface area contributed by atoms with E-state index in [-0.39, 0.29) is 46.2 Å². The van der Waals surface area contributed by atoms with Gasteiger partial charge in [0.2, 0.25) is 5.91 Å². The van der Waals surface area contributed by atoms with Gasteiger partial charge in [-0.3, -0.25) is 19.2 Å². The summed E-state index contributed by atoms with van der Waals surface area (Å²) in [5.41, 5.74) is 8.19. The number of hydrogen-bond acceptors (Lipinski definition) is 12. The maximum Gasteiger partial charge on any atom is 0.303 e. The quantitative estimate of drug-likeness (QED) is 0.0787. The monoisotopic (exact) mass is 504 g/mol. The number of azide groups is 1. The highest BCUT2D eigenvalue weighted by atomic mass is 16.7. The van der Waals surface area contributed by atoms with Crippen LogP contribution in [-0.2, 0) is 52.3 Å². The molecule has 0 spiro atoms.